The highest BCUT2D eigenvalue weighted by molar-refractivity contribution is 7.15. The summed E-state index contributed by atoms with van der Waals surface area (Å²) in [5, 5.41) is 5.23. The highest BCUT2D eigenvalue weighted by atomic mass is 35.5. The number of benzene rings is 1. The number of carbonyl (C=O) groups excluding carboxylic acids is 3. The fourth-order valence-electron chi connectivity index (χ4n) is 3.31. The van der Waals surface area contributed by atoms with Crippen LogP contribution >= 0.6 is 22.9 Å². The lowest BCUT2D eigenvalue weighted by molar-refractivity contribution is -0.151. The van der Waals surface area contributed by atoms with Gasteiger partial charge in [-0.25, -0.2) is 4.79 Å². The molecule has 0 saturated heterocycles. The molecule has 1 aliphatic rings. The second-order valence-corrected chi connectivity index (χ2v) is 7.98. The SMILES string of the molecule is CCOC(=O)c1c(-c2ccccc2Cl)csc1NC(=O)COC(=O)C1CCCC1. The van der Waals surface area contributed by atoms with Gasteiger partial charge in [-0.1, -0.05) is 42.6 Å². The van der Waals surface area contributed by atoms with Crippen molar-refractivity contribution in [1.29, 1.82) is 0 Å². The third-order valence-electron chi connectivity index (χ3n) is 4.72. The molecule has 0 aliphatic heterocycles. The number of carbonyl (C=O) groups is 3. The van der Waals surface area contributed by atoms with E-state index in [1.807, 2.05) is 6.07 Å². The second kappa shape index (κ2) is 9.89. The summed E-state index contributed by atoms with van der Waals surface area (Å²) in [6, 6.07) is 7.13. The minimum Gasteiger partial charge on any atom is -0.462 e. The molecule has 0 spiro atoms. The Balaban J connectivity index is 1.76. The highest BCUT2D eigenvalue weighted by Crippen LogP contribution is 2.39. The lowest BCUT2D eigenvalue weighted by atomic mass is 10.0. The minimum absolute atomic E-state index is 0.119. The number of amides is 1. The van der Waals surface area contributed by atoms with E-state index in [-0.39, 0.29) is 24.1 Å². The summed E-state index contributed by atoms with van der Waals surface area (Å²) in [6.07, 6.45) is 3.63. The summed E-state index contributed by atoms with van der Waals surface area (Å²) in [5.74, 6) is -1.52. The van der Waals surface area contributed by atoms with E-state index in [4.69, 9.17) is 21.1 Å². The van der Waals surface area contributed by atoms with Crippen molar-refractivity contribution in [3.63, 3.8) is 0 Å². The lowest BCUT2D eigenvalue weighted by Crippen LogP contribution is -2.24. The molecule has 1 aromatic heterocycles. The molecule has 29 heavy (non-hydrogen) atoms. The van der Waals surface area contributed by atoms with Gasteiger partial charge in [0.25, 0.3) is 5.91 Å². The molecule has 0 atom stereocenters. The van der Waals surface area contributed by atoms with Crippen LogP contribution in [0.25, 0.3) is 11.1 Å². The van der Waals surface area contributed by atoms with Crippen LogP contribution in [0.1, 0.15) is 43.0 Å². The van der Waals surface area contributed by atoms with E-state index in [1.54, 1.807) is 30.5 Å². The van der Waals surface area contributed by atoms with Gasteiger partial charge < -0.3 is 14.8 Å². The average molecular weight is 436 g/mol. The molecule has 3 rings (SSSR count). The van der Waals surface area contributed by atoms with Crippen LogP contribution < -0.4 is 5.32 Å². The van der Waals surface area contributed by atoms with Crippen molar-refractivity contribution in [2.45, 2.75) is 32.6 Å². The zero-order valence-corrected chi connectivity index (χ0v) is 17.6. The molecule has 1 aromatic carbocycles. The molecule has 0 bridgehead atoms. The first-order valence-corrected chi connectivity index (χ1v) is 10.8. The number of thiophene rings is 1. The highest BCUT2D eigenvalue weighted by Gasteiger charge is 2.26. The Morgan fingerprint density at radius 3 is 2.55 bits per heavy atom. The zero-order valence-electron chi connectivity index (χ0n) is 16.0. The first-order chi connectivity index (χ1) is 14.0. The summed E-state index contributed by atoms with van der Waals surface area (Å²) < 4.78 is 10.3. The van der Waals surface area contributed by atoms with Crippen LogP contribution in [-0.2, 0) is 19.1 Å². The van der Waals surface area contributed by atoms with Gasteiger partial charge in [0.1, 0.15) is 10.6 Å². The molecule has 6 nitrogen and oxygen atoms in total. The Labute approximate surface area is 178 Å². The van der Waals surface area contributed by atoms with Crippen LogP contribution in [-0.4, -0.2) is 31.1 Å². The van der Waals surface area contributed by atoms with Crippen molar-refractivity contribution in [1.82, 2.24) is 0 Å². The number of ether oxygens (including phenoxy) is 2. The summed E-state index contributed by atoms with van der Waals surface area (Å²) in [6.45, 7) is 1.51. The Hall–Kier alpha value is -2.38. The number of halogens is 1. The topological polar surface area (TPSA) is 81.7 Å². The molecule has 1 fully saturated rings. The molecule has 1 amide bonds. The fraction of sp³-hybridized carbons (Fsp3) is 0.381. The normalized spacial score (nSPS) is 13.9. The van der Waals surface area contributed by atoms with E-state index in [0.717, 1.165) is 25.7 Å². The molecule has 1 N–H and O–H groups in total. The Kier molecular flexibility index (Phi) is 7.28. The van der Waals surface area contributed by atoms with Crippen LogP contribution in [0.3, 0.4) is 0 Å². The zero-order chi connectivity index (χ0) is 20.8. The summed E-state index contributed by atoms with van der Waals surface area (Å²) in [4.78, 5) is 36.9. The van der Waals surface area contributed by atoms with Gasteiger partial charge in [-0.05, 0) is 25.8 Å². The maximum atomic E-state index is 12.6. The second-order valence-electron chi connectivity index (χ2n) is 6.69. The maximum absolute atomic E-state index is 12.6. The molecular weight excluding hydrogens is 414 g/mol. The van der Waals surface area contributed by atoms with Crippen molar-refractivity contribution in [3.8, 4) is 11.1 Å². The number of anilines is 1. The van der Waals surface area contributed by atoms with Crippen molar-refractivity contribution < 1.29 is 23.9 Å². The van der Waals surface area contributed by atoms with Crippen molar-refractivity contribution >= 4 is 45.8 Å². The van der Waals surface area contributed by atoms with E-state index < -0.39 is 18.5 Å². The third kappa shape index (κ3) is 5.16. The summed E-state index contributed by atoms with van der Waals surface area (Å²) in [5.41, 5.74) is 1.49. The minimum atomic E-state index is -0.554. The lowest BCUT2D eigenvalue weighted by Gasteiger charge is -2.11. The largest absolute Gasteiger partial charge is 0.462 e. The molecular formula is C21H22ClNO5S. The molecule has 2 aromatic rings. The first kappa shape index (κ1) is 21.3. The van der Waals surface area contributed by atoms with Crippen molar-refractivity contribution in [2.24, 2.45) is 5.92 Å². The number of hydrogen-bond donors (Lipinski definition) is 1. The standard InChI is InChI=1S/C21H22ClNO5S/c1-2-27-21(26)18-15(14-9-5-6-10-16(14)22)12-29-19(18)23-17(24)11-28-20(25)13-7-3-4-8-13/h5-6,9-10,12-13H,2-4,7-8,11H2,1H3,(H,23,24). The molecule has 1 saturated carbocycles. The summed E-state index contributed by atoms with van der Waals surface area (Å²) in [7, 11) is 0. The van der Waals surface area contributed by atoms with Crippen LogP contribution in [0.5, 0.6) is 0 Å². The van der Waals surface area contributed by atoms with Gasteiger partial charge in [-0.3, -0.25) is 9.59 Å². The fourth-order valence-corrected chi connectivity index (χ4v) is 4.51. The van der Waals surface area contributed by atoms with E-state index >= 15 is 0 Å². The monoisotopic (exact) mass is 435 g/mol. The first-order valence-electron chi connectivity index (χ1n) is 9.51. The summed E-state index contributed by atoms with van der Waals surface area (Å²) >= 11 is 7.47. The predicted octanol–water partition coefficient (Wildman–Crippen LogP) is 4.92. The quantitative estimate of drug-likeness (QED) is 0.624. The number of rotatable bonds is 7. The number of nitrogens with one attached hydrogen (secondary N) is 1. The maximum Gasteiger partial charge on any atom is 0.341 e. The smallest absolute Gasteiger partial charge is 0.341 e. The van der Waals surface area contributed by atoms with Gasteiger partial charge in [-0.15, -0.1) is 11.3 Å². The Morgan fingerprint density at radius 2 is 1.86 bits per heavy atom. The molecule has 8 heteroatoms. The van der Waals surface area contributed by atoms with E-state index in [2.05, 4.69) is 5.32 Å². The van der Waals surface area contributed by atoms with Crippen molar-refractivity contribution in [3.05, 3.63) is 40.2 Å². The number of hydrogen-bond acceptors (Lipinski definition) is 6. The van der Waals surface area contributed by atoms with Gasteiger partial charge in [0.15, 0.2) is 6.61 Å². The molecule has 154 valence electrons. The van der Waals surface area contributed by atoms with E-state index in [0.29, 0.717) is 21.2 Å². The third-order valence-corrected chi connectivity index (χ3v) is 5.95. The van der Waals surface area contributed by atoms with Crippen LogP contribution in [0.2, 0.25) is 5.02 Å². The average Bonchev–Trinajstić information content (AvgIpc) is 3.37. The molecule has 0 radical (unpaired) electrons. The van der Waals surface area contributed by atoms with E-state index in [1.165, 1.54) is 11.3 Å². The Morgan fingerprint density at radius 1 is 1.14 bits per heavy atom. The molecule has 1 heterocycles. The predicted molar refractivity (Wildman–Crippen MR) is 112 cm³/mol. The number of esters is 2. The van der Waals surface area contributed by atoms with Gasteiger partial charge in [-0.2, -0.15) is 0 Å². The van der Waals surface area contributed by atoms with Gasteiger partial charge >= 0.3 is 11.9 Å². The van der Waals surface area contributed by atoms with Crippen LogP contribution in [0.15, 0.2) is 29.6 Å². The molecule has 0 unspecified atom stereocenters. The van der Waals surface area contributed by atoms with Crippen molar-refractivity contribution in [2.75, 3.05) is 18.5 Å². The van der Waals surface area contributed by atoms with Gasteiger partial charge in [0.05, 0.1) is 12.5 Å². The Bertz CT molecular complexity index is 904. The van der Waals surface area contributed by atoms with E-state index in [9.17, 15) is 14.4 Å². The van der Waals surface area contributed by atoms with Crippen LogP contribution in [0, 0.1) is 5.92 Å². The van der Waals surface area contributed by atoms with Gasteiger partial charge in [0, 0.05) is 21.5 Å². The van der Waals surface area contributed by atoms with Gasteiger partial charge in [0.2, 0.25) is 0 Å². The van der Waals surface area contributed by atoms with Crippen LogP contribution in [0.4, 0.5) is 5.00 Å². The molecule has 1 aliphatic carbocycles.